The summed E-state index contributed by atoms with van der Waals surface area (Å²) in [6.07, 6.45) is 1.81. The van der Waals surface area contributed by atoms with Gasteiger partial charge >= 0.3 is 12.0 Å². The summed E-state index contributed by atoms with van der Waals surface area (Å²) in [5.41, 5.74) is 1.11. The molecule has 1 aromatic carbocycles. The highest BCUT2D eigenvalue weighted by Crippen LogP contribution is 2.14. The van der Waals surface area contributed by atoms with Crippen LogP contribution in [-0.2, 0) is 9.47 Å². The number of anilines is 1. The van der Waals surface area contributed by atoms with Gasteiger partial charge in [0.2, 0.25) is 0 Å². The Bertz CT molecular complexity index is 613. The Labute approximate surface area is 167 Å². The number of amides is 2. The molecule has 1 heterocycles. The van der Waals surface area contributed by atoms with Crippen molar-refractivity contribution in [2.24, 2.45) is 5.92 Å². The summed E-state index contributed by atoms with van der Waals surface area (Å²) in [5.74, 6) is 0.206. The van der Waals surface area contributed by atoms with Crippen molar-refractivity contribution < 1.29 is 19.1 Å². The van der Waals surface area contributed by atoms with Gasteiger partial charge in [0.05, 0.1) is 25.4 Å². The van der Waals surface area contributed by atoms with Gasteiger partial charge in [-0.15, -0.1) is 0 Å². The van der Waals surface area contributed by atoms with Crippen molar-refractivity contribution in [1.82, 2.24) is 10.2 Å². The number of carbonyl (C=O) groups excluding carboxylic acids is 2. The van der Waals surface area contributed by atoms with E-state index in [4.69, 9.17) is 9.47 Å². The Morgan fingerprint density at radius 2 is 1.86 bits per heavy atom. The minimum absolute atomic E-state index is 0.247. The summed E-state index contributed by atoms with van der Waals surface area (Å²) in [6.45, 7) is 10.6. The van der Waals surface area contributed by atoms with E-state index < -0.39 is 0 Å². The van der Waals surface area contributed by atoms with Gasteiger partial charge in [-0.25, -0.2) is 9.59 Å². The van der Waals surface area contributed by atoms with Gasteiger partial charge in [-0.1, -0.05) is 20.8 Å². The van der Waals surface area contributed by atoms with Gasteiger partial charge in [0.25, 0.3) is 0 Å². The van der Waals surface area contributed by atoms with E-state index in [0.29, 0.717) is 36.4 Å². The number of rotatable bonds is 9. The third-order valence-electron chi connectivity index (χ3n) is 4.62. The normalized spacial score (nSPS) is 15.9. The number of ether oxygens (including phenoxy) is 2. The lowest BCUT2D eigenvalue weighted by Crippen LogP contribution is -2.49. The van der Waals surface area contributed by atoms with Crippen LogP contribution in [0.25, 0.3) is 0 Å². The average Bonchev–Trinajstić information content (AvgIpc) is 2.70. The highest BCUT2D eigenvalue weighted by molar-refractivity contribution is 5.92. The fraction of sp³-hybridized carbons (Fsp3) is 0.619. The van der Waals surface area contributed by atoms with Gasteiger partial charge in [-0.2, -0.15) is 0 Å². The molecule has 1 fully saturated rings. The van der Waals surface area contributed by atoms with E-state index in [2.05, 4.69) is 29.4 Å². The molecule has 28 heavy (non-hydrogen) atoms. The van der Waals surface area contributed by atoms with Crippen molar-refractivity contribution in [3.63, 3.8) is 0 Å². The van der Waals surface area contributed by atoms with Gasteiger partial charge in [-0.05, 0) is 43.0 Å². The maximum Gasteiger partial charge on any atom is 0.338 e. The quantitative estimate of drug-likeness (QED) is 0.632. The Balaban J connectivity index is 1.83. The average molecular weight is 392 g/mol. The number of nitrogens with zero attached hydrogens (tertiary/aromatic N) is 1. The lowest BCUT2D eigenvalue weighted by atomic mass is 10.0. The summed E-state index contributed by atoms with van der Waals surface area (Å²) < 4.78 is 10.5. The van der Waals surface area contributed by atoms with E-state index >= 15 is 0 Å². The third-order valence-corrected chi connectivity index (χ3v) is 4.62. The van der Waals surface area contributed by atoms with Crippen LogP contribution in [0.3, 0.4) is 0 Å². The standard InChI is InChI=1S/C21H33N3O4/c1-4-11-28-20(25)17-5-7-18(8-6-17)23-21(26)22-15-19(14-16(2)3)24-9-12-27-13-10-24/h5-8,16,19H,4,9-15H2,1-3H3,(H2,22,23,26). The van der Waals surface area contributed by atoms with Crippen LogP contribution in [-0.4, -0.2) is 62.4 Å². The SMILES string of the molecule is CCCOC(=O)c1ccc(NC(=O)NCC(CC(C)C)N2CCOCC2)cc1. The van der Waals surface area contributed by atoms with Crippen LogP contribution in [0.2, 0.25) is 0 Å². The maximum absolute atomic E-state index is 12.3. The van der Waals surface area contributed by atoms with E-state index in [1.807, 2.05) is 6.92 Å². The van der Waals surface area contributed by atoms with Crippen molar-refractivity contribution in [1.29, 1.82) is 0 Å². The maximum atomic E-state index is 12.3. The monoisotopic (exact) mass is 391 g/mol. The highest BCUT2D eigenvalue weighted by atomic mass is 16.5. The predicted molar refractivity (Wildman–Crippen MR) is 110 cm³/mol. The fourth-order valence-electron chi connectivity index (χ4n) is 3.20. The van der Waals surface area contributed by atoms with Gasteiger partial charge < -0.3 is 20.1 Å². The molecule has 1 atom stereocenters. The van der Waals surface area contributed by atoms with Gasteiger partial charge in [0.1, 0.15) is 0 Å². The molecule has 1 aromatic rings. The molecule has 156 valence electrons. The largest absolute Gasteiger partial charge is 0.462 e. The molecule has 0 radical (unpaired) electrons. The molecular weight excluding hydrogens is 358 g/mol. The topological polar surface area (TPSA) is 79.9 Å². The Hall–Kier alpha value is -2.12. The minimum Gasteiger partial charge on any atom is -0.462 e. The number of benzene rings is 1. The zero-order chi connectivity index (χ0) is 20.4. The Morgan fingerprint density at radius 3 is 2.46 bits per heavy atom. The van der Waals surface area contributed by atoms with Crippen molar-refractivity contribution >= 4 is 17.7 Å². The smallest absolute Gasteiger partial charge is 0.338 e. The predicted octanol–water partition coefficient (Wildman–Crippen LogP) is 3.12. The number of esters is 1. The summed E-state index contributed by atoms with van der Waals surface area (Å²) in [7, 11) is 0. The Kier molecular flexibility index (Phi) is 9.23. The van der Waals surface area contributed by atoms with Crippen LogP contribution < -0.4 is 10.6 Å². The first-order chi connectivity index (χ1) is 13.5. The van der Waals surface area contributed by atoms with E-state index in [-0.39, 0.29) is 12.0 Å². The molecule has 1 aliphatic heterocycles. The van der Waals surface area contributed by atoms with Crippen LogP contribution >= 0.6 is 0 Å². The lowest BCUT2D eigenvalue weighted by molar-refractivity contribution is 0.0130. The lowest BCUT2D eigenvalue weighted by Gasteiger charge is -2.35. The first kappa shape index (κ1) is 22.2. The van der Waals surface area contributed by atoms with Crippen molar-refractivity contribution in [3.05, 3.63) is 29.8 Å². The number of urea groups is 1. The molecule has 0 spiro atoms. The number of nitrogens with one attached hydrogen (secondary N) is 2. The van der Waals surface area contributed by atoms with Crippen LogP contribution in [0.4, 0.5) is 10.5 Å². The molecule has 0 saturated carbocycles. The molecule has 2 N–H and O–H groups in total. The summed E-state index contributed by atoms with van der Waals surface area (Å²) in [4.78, 5) is 26.5. The van der Waals surface area contributed by atoms with Gasteiger partial charge in [0, 0.05) is 31.4 Å². The molecule has 1 unspecified atom stereocenters. The Morgan fingerprint density at radius 1 is 1.18 bits per heavy atom. The van der Waals surface area contributed by atoms with Crippen LogP contribution in [0.1, 0.15) is 44.0 Å². The highest BCUT2D eigenvalue weighted by Gasteiger charge is 2.22. The molecule has 2 rings (SSSR count). The van der Waals surface area contributed by atoms with Crippen LogP contribution in [0, 0.1) is 5.92 Å². The molecule has 7 heteroatoms. The van der Waals surface area contributed by atoms with E-state index in [1.165, 1.54) is 0 Å². The zero-order valence-corrected chi connectivity index (χ0v) is 17.2. The van der Waals surface area contributed by atoms with Crippen LogP contribution in [0.15, 0.2) is 24.3 Å². The molecular formula is C21H33N3O4. The summed E-state index contributed by atoms with van der Waals surface area (Å²) >= 11 is 0. The molecule has 1 saturated heterocycles. The second kappa shape index (κ2) is 11.7. The molecule has 2 amide bonds. The summed E-state index contributed by atoms with van der Waals surface area (Å²) in [6, 6.07) is 6.77. The van der Waals surface area contributed by atoms with Crippen molar-refractivity contribution in [2.45, 2.75) is 39.7 Å². The first-order valence-electron chi connectivity index (χ1n) is 10.1. The number of hydrogen-bond acceptors (Lipinski definition) is 5. The third kappa shape index (κ3) is 7.48. The second-order valence-electron chi connectivity index (χ2n) is 7.48. The molecule has 0 aromatic heterocycles. The molecule has 1 aliphatic rings. The molecule has 0 bridgehead atoms. The number of morpholine rings is 1. The fourth-order valence-corrected chi connectivity index (χ4v) is 3.20. The summed E-state index contributed by atoms with van der Waals surface area (Å²) in [5, 5.41) is 5.79. The van der Waals surface area contributed by atoms with Gasteiger partial charge in [0.15, 0.2) is 0 Å². The molecule has 0 aliphatic carbocycles. The number of carbonyl (C=O) groups is 2. The number of hydrogen-bond donors (Lipinski definition) is 2. The van der Waals surface area contributed by atoms with E-state index in [1.54, 1.807) is 24.3 Å². The van der Waals surface area contributed by atoms with E-state index in [0.717, 1.165) is 39.1 Å². The van der Waals surface area contributed by atoms with Crippen LogP contribution in [0.5, 0.6) is 0 Å². The second-order valence-corrected chi connectivity index (χ2v) is 7.48. The first-order valence-corrected chi connectivity index (χ1v) is 10.1. The van der Waals surface area contributed by atoms with Crippen molar-refractivity contribution in [2.75, 3.05) is 44.8 Å². The van der Waals surface area contributed by atoms with Gasteiger partial charge in [-0.3, -0.25) is 4.90 Å². The molecule has 7 nitrogen and oxygen atoms in total. The van der Waals surface area contributed by atoms with Crippen molar-refractivity contribution in [3.8, 4) is 0 Å². The minimum atomic E-state index is -0.347. The zero-order valence-electron chi connectivity index (χ0n) is 17.2. The van der Waals surface area contributed by atoms with E-state index in [9.17, 15) is 9.59 Å².